The lowest BCUT2D eigenvalue weighted by Gasteiger charge is -2.12. The molecule has 0 aromatic heterocycles. The second kappa shape index (κ2) is 5.63. The quantitative estimate of drug-likeness (QED) is 0.515. The monoisotopic (exact) mass is 348 g/mol. The smallest absolute Gasteiger partial charge is 0.311 e. The van der Waals surface area contributed by atoms with Crippen molar-refractivity contribution >= 4 is 28.3 Å². The van der Waals surface area contributed by atoms with Gasteiger partial charge in [-0.3, -0.25) is 10.1 Å². The first-order valence-electron chi connectivity index (χ1n) is 5.47. The van der Waals surface area contributed by atoms with E-state index in [0.29, 0.717) is 18.4 Å². The molecule has 1 N–H and O–H groups in total. The zero-order valence-corrected chi connectivity index (χ0v) is 11.3. The zero-order valence-electron chi connectivity index (χ0n) is 9.19. The standard InChI is InChI=1S/C11H13IN2O3/c12-8-3-4-11(10(6-8)14(15)16)17-7-9-2-1-5-13-9/h3-4,6,9,13H,1-2,5,7H2. The van der Waals surface area contributed by atoms with E-state index in [2.05, 4.69) is 5.32 Å². The number of nitrogens with zero attached hydrogens (tertiary/aromatic N) is 1. The molecule has 1 atom stereocenters. The number of benzene rings is 1. The highest BCUT2D eigenvalue weighted by Gasteiger charge is 2.19. The van der Waals surface area contributed by atoms with Crippen LogP contribution in [0.4, 0.5) is 5.69 Å². The number of ether oxygens (including phenoxy) is 1. The molecule has 0 aliphatic carbocycles. The van der Waals surface area contributed by atoms with Crippen molar-refractivity contribution in [2.24, 2.45) is 0 Å². The van der Waals surface area contributed by atoms with Crippen molar-refractivity contribution in [2.75, 3.05) is 13.2 Å². The van der Waals surface area contributed by atoms with E-state index in [1.54, 1.807) is 6.07 Å². The van der Waals surface area contributed by atoms with E-state index in [4.69, 9.17) is 4.74 Å². The van der Waals surface area contributed by atoms with Gasteiger partial charge in [-0.05, 0) is 54.1 Å². The maximum Gasteiger partial charge on any atom is 0.311 e. The molecule has 2 rings (SSSR count). The fourth-order valence-electron chi connectivity index (χ4n) is 1.84. The number of nitro groups is 1. The Hall–Kier alpha value is -0.890. The van der Waals surface area contributed by atoms with Crippen molar-refractivity contribution in [1.29, 1.82) is 0 Å². The number of nitro benzene ring substituents is 1. The summed E-state index contributed by atoms with van der Waals surface area (Å²) in [5.41, 5.74) is 0.0369. The highest BCUT2D eigenvalue weighted by molar-refractivity contribution is 14.1. The van der Waals surface area contributed by atoms with Crippen molar-refractivity contribution in [3.8, 4) is 5.75 Å². The third-order valence-corrected chi connectivity index (χ3v) is 3.39. The van der Waals surface area contributed by atoms with E-state index in [-0.39, 0.29) is 5.69 Å². The predicted molar refractivity (Wildman–Crippen MR) is 72.3 cm³/mol. The van der Waals surface area contributed by atoms with E-state index in [0.717, 1.165) is 23.0 Å². The number of nitrogens with one attached hydrogen (secondary N) is 1. The van der Waals surface area contributed by atoms with Gasteiger partial charge in [-0.1, -0.05) is 0 Å². The Kier molecular flexibility index (Phi) is 4.16. The Labute approximate surface area is 113 Å². The van der Waals surface area contributed by atoms with Gasteiger partial charge in [0.05, 0.1) is 4.92 Å². The van der Waals surface area contributed by atoms with Crippen LogP contribution in [0.5, 0.6) is 5.75 Å². The summed E-state index contributed by atoms with van der Waals surface area (Å²) in [4.78, 5) is 10.5. The van der Waals surface area contributed by atoms with Crippen LogP contribution in [0, 0.1) is 13.7 Å². The van der Waals surface area contributed by atoms with Crippen LogP contribution < -0.4 is 10.1 Å². The van der Waals surface area contributed by atoms with E-state index in [1.165, 1.54) is 6.07 Å². The van der Waals surface area contributed by atoms with Crippen LogP contribution >= 0.6 is 22.6 Å². The lowest BCUT2D eigenvalue weighted by atomic mass is 10.2. The molecule has 0 radical (unpaired) electrons. The van der Waals surface area contributed by atoms with Gasteiger partial charge >= 0.3 is 5.69 Å². The summed E-state index contributed by atoms with van der Waals surface area (Å²) in [6.45, 7) is 1.49. The van der Waals surface area contributed by atoms with Gasteiger partial charge in [0.25, 0.3) is 0 Å². The van der Waals surface area contributed by atoms with E-state index < -0.39 is 4.92 Å². The first-order valence-corrected chi connectivity index (χ1v) is 6.55. The highest BCUT2D eigenvalue weighted by atomic mass is 127. The van der Waals surface area contributed by atoms with Gasteiger partial charge in [0.15, 0.2) is 5.75 Å². The van der Waals surface area contributed by atoms with Crippen molar-refractivity contribution in [3.63, 3.8) is 0 Å². The summed E-state index contributed by atoms with van der Waals surface area (Å²) in [6, 6.07) is 5.31. The Morgan fingerprint density at radius 2 is 2.41 bits per heavy atom. The maximum atomic E-state index is 10.9. The van der Waals surface area contributed by atoms with Crippen LogP contribution in [0.25, 0.3) is 0 Å². The van der Waals surface area contributed by atoms with E-state index in [1.807, 2.05) is 28.7 Å². The molecule has 1 saturated heterocycles. The molecule has 92 valence electrons. The largest absolute Gasteiger partial charge is 0.485 e. The number of hydrogen-bond donors (Lipinski definition) is 1. The van der Waals surface area contributed by atoms with E-state index in [9.17, 15) is 10.1 Å². The Morgan fingerprint density at radius 3 is 3.06 bits per heavy atom. The SMILES string of the molecule is O=[N+]([O-])c1cc(I)ccc1OCC1CCCN1. The van der Waals surface area contributed by atoms with E-state index >= 15 is 0 Å². The molecule has 17 heavy (non-hydrogen) atoms. The molecule has 0 spiro atoms. The summed E-state index contributed by atoms with van der Waals surface area (Å²) in [7, 11) is 0. The first kappa shape index (κ1) is 12.6. The molecule has 1 unspecified atom stereocenters. The summed E-state index contributed by atoms with van der Waals surface area (Å²) in [5.74, 6) is 0.351. The Morgan fingerprint density at radius 1 is 1.59 bits per heavy atom. The van der Waals surface area contributed by atoms with Crippen molar-refractivity contribution in [2.45, 2.75) is 18.9 Å². The maximum absolute atomic E-state index is 10.9. The molecule has 1 aliphatic rings. The molecule has 1 fully saturated rings. The summed E-state index contributed by atoms with van der Waals surface area (Å²) >= 11 is 2.05. The molecule has 0 bridgehead atoms. The Balaban J connectivity index is 2.06. The molecular formula is C11H13IN2O3. The summed E-state index contributed by atoms with van der Waals surface area (Å²) in [6.07, 6.45) is 2.21. The minimum Gasteiger partial charge on any atom is -0.485 e. The van der Waals surface area contributed by atoms with Gasteiger partial charge in [0, 0.05) is 15.7 Å². The Bertz CT molecular complexity index is 419. The number of halogens is 1. The van der Waals surface area contributed by atoms with Gasteiger partial charge in [-0.15, -0.1) is 0 Å². The molecule has 5 nitrogen and oxygen atoms in total. The second-order valence-electron chi connectivity index (χ2n) is 3.97. The van der Waals surface area contributed by atoms with Crippen LogP contribution in [0.3, 0.4) is 0 Å². The molecular weight excluding hydrogens is 335 g/mol. The molecule has 1 aromatic carbocycles. The third kappa shape index (κ3) is 3.29. The minimum absolute atomic E-state index is 0.0369. The van der Waals surface area contributed by atoms with Crippen molar-refractivity contribution < 1.29 is 9.66 Å². The summed E-state index contributed by atoms with van der Waals surface area (Å²) in [5, 5.41) is 14.2. The predicted octanol–water partition coefficient (Wildman–Crippen LogP) is 2.33. The zero-order chi connectivity index (χ0) is 12.3. The van der Waals surface area contributed by atoms with Gasteiger partial charge in [-0.25, -0.2) is 0 Å². The average Bonchev–Trinajstić information content (AvgIpc) is 2.80. The second-order valence-corrected chi connectivity index (χ2v) is 5.22. The lowest BCUT2D eigenvalue weighted by Crippen LogP contribution is -2.28. The van der Waals surface area contributed by atoms with Gasteiger partial charge in [0.2, 0.25) is 0 Å². The van der Waals surface area contributed by atoms with Crippen molar-refractivity contribution in [1.82, 2.24) is 5.32 Å². The molecule has 0 saturated carbocycles. The average molecular weight is 348 g/mol. The van der Waals surface area contributed by atoms with Crippen LogP contribution in [0.1, 0.15) is 12.8 Å². The third-order valence-electron chi connectivity index (χ3n) is 2.72. The van der Waals surface area contributed by atoms with Crippen LogP contribution in [0.15, 0.2) is 18.2 Å². The molecule has 0 amide bonds. The highest BCUT2D eigenvalue weighted by Crippen LogP contribution is 2.28. The first-order chi connectivity index (χ1) is 8.16. The molecule has 1 aliphatic heterocycles. The fraction of sp³-hybridized carbons (Fsp3) is 0.455. The summed E-state index contributed by atoms with van der Waals surface area (Å²) < 4.78 is 6.36. The van der Waals surface area contributed by atoms with Crippen molar-refractivity contribution in [3.05, 3.63) is 31.9 Å². The van der Waals surface area contributed by atoms with Crippen LogP contribution in [-0.4, -0.2) is 24.1 Å². The molecule has 1 aromatic rings. The van der Waals surface area contributed by atoms with Crippen LogP contribution in [-0.2, 0) is 0 Å². The normalized spacial score (nSPS) is 19.2. The minimum atomic E-state index is -0.403. The number of rotatable bonds is 4. The van der Waals surface area contributed by atoms with Crippen LogP contribution in [0.2, 0.25) is 0 Å². The number of hydrogen-bond acceptors (Lipinski definition) is 4. The van der Waals surface area contributed by atoms with Gasteiger partial charge in [-0.2, -0.15) is 0 Å². The molecule has 6 heteroatoms. The molecule has 1 heterocycles. The van der Waals surface area contributed by atoms with Gasteiger partial charge < -0.3 is 10.1 Å². The fourth-order valence-corrected chi connectivity index (χ4v) is 2.32. The van der Waals surface area contributed by atoms with Gasteiger partial charge in [0.1, 0.15) is 6.61 Å². The topological polar surface area (TPSA) is 64.4 Å². The lowest BCUT2D eigenvalue weighted by molar-refractivity contribution is -0.386.